The first-order valence-electron chi connectivity index (χ1n) is 15.7. The molecule has 46 heavy (non-hydrogen) atoms. The van der Waals surface area contributed by atoms with Crippen molar-refractivity contribution in [3.8, 4) is 5.75 Å². The maximum absolute atomic E-state index is 15.9. The van der Waals surface area contributed by atoms with E-state index in [-0.39, 0.29) is 5.78 Å². The van der Waals surface area contributed by atoms with Crippen LogP contribution in [0, 0.1) is 11.8 Å². The number of hydrogen-bond donors (Lipinski definition) is 0. The van der Waals surface area contributed by atoms with Crippen molar-refractivity contribution in [1.82, 2.24) is 0 Å². The molecule has 1 saturated carbocycles. The van der Waals surface area contributed by atoms with E-state index in [1.54, 1.807) is 18.2 Å². The fraction of sp³-hybridized carbons (Fsp3) is 0.146. The number of carbonyl (C=O) groups is 3. The monoisotopic (exact) mass is 601 g/mol. The van der Waals surface area contributed by atoms with Gasteiger partial charge in [0.15, 0.2) is 5.78 Å². The summed E-state index contributed by atoms with van der Waals surface area (Å²) in [6.07, 6.45) is 0. The normalized spacial score (nSPS) is 24.9. The molecule has 0 aromatic heterocycles. The number of nitrogens with zero attached hydrogens (tertiary/aromatic N) is 1. The first kappa shape index (κ1) is 28.0. The lowest BCUT2D eigenvalue weighted by Crippen LogP contribution is -2.45. The molecule has 8 rings (SSSR count). The predicted molar refractivity (Wildman–Crippen MR) is 178 cm³/mol. The van der Waals surface area contributed by atoms with E-state index in [4.69, 9.17) is 4.74 Å². The third-order valence-electron chi connectivity index (χ3n) is 9.98. The fourth-order valence-electron chi connectivity index (χ4n) is 8.49. The van der Waals surface area contributed by atoms with Gasteiger partial charge in [0.05, 0.1) is 35.0 Å². The number of anilines is 1. The molecular formula is C41H31NO4. The molecule has 0 radical (unpaired) electrons. The Morgan fingerprint density at radius 1 is 0.543 bits per heavy atom. The summed E-state index contributed by atoms with van der Waals surface area (Å²) in [7, 11) is 0. The van der Waals surface area contributed by atoms with Gasteiger partial charge >= 0.3 is 0 Å². The zero-order chi connectivity index (χ0) is 31.5. The van der Waals surface area contributed by atoms with Gasteiger partial charge in [-0.05, 0) is 52.5 Å². The maximum Gasteiger partial charge on any atom is 0.239 e. The van der Waals surface area contributed by atoms with Gasteiger partial charge in [0.2, 0.25) is 11.8 Å². The maximum atomic E-state index is 15.9. The highest BCUT2D eigenvalue weighted by molar-refractivity contribution is 6.39. The third kappa shape index (κ3) is 3.48. The summed E-state index contributed by atoms with van der Waals surface area (Å²) in [6.45, 7) is 2.24. The van der Waals surface area contributed by atoms with Crippen LogP contribution in [0.1, 0.15) is 29.2 Å². The standard InChI is InChI=1S/C41H31NO4/c1-2-46-32-26-16-15-25-31(32)42-37(43)35-36(38(42)44)41(30-23-13-6-14-24-30)34(28-19-9-4-10-20-28)33(27-17-7-3-8-18-27)40(35,39(41)45)29-21-11-5-12-22-29/h3-26,35-36H,2H2,1H3. The van der Waals surface area contributed by atoms with E-state index in [0.29, 0.717) is 29.2 Å². The number of ether oxygens (including phenoxy) is 1. The number of hydrogen-bond acceptors (Lipinski definition) is 4. The lowest BCUT2D eigenvalue weighted by atomic mass is 9.59. The molecule has 4 atom stereocenters. The molecular weight excluding hydrogens is 570 g/mol. The summed E-state index contributed by atoms with van der Waals surface area (Å²) in [4.78, 5) is 47.5. The second-order valence-corrected chi connectivity index (χ2v) is 12.0. The van der Waals surface area contributed by atoms with E-state index in [2.05, 4.69) is 0 Å². The van der Waals surface area contributed by atoms with Gasteiger partial charge < -0.3 is 4.74 Å². The fourth-order valence-corrected chi connectivity index (χ4v) is 8.49. The Morgan fingerprint density at radius 3 is 1.37 bits per heavy atom. The lowest BCUT2D eigenvalue weighted by Gasteiger charge is -2.39. The molecule has 5 heteroatoms. The molecule has 5 aromatic carbocycles. The van der Waals surface area contributed by atoms with Crippen molar-refractivity contribution in [3.05, 3.63) is 168 Å². The van der Waals surface area contributed by atoms with Crippen LogP contribution < -0.4 is 9.64 Å². The van der Waals surface area contributed by atoms with E-state index < -0.39 is 34.5 Å². The second-order valence-electron chi connectivity index (χ2n) is 12.0. The topological polar surface area (TPSA) is 63.7 Å². The number of rotatable bonds is 7. The number of allylic oxidation sites excluding steroid dienone is 2. The first-order valence-corrected chi connectivity index (χ1v) is 15.7. The Bertz CT molecular complexity index is 1900. The molecule has 2 aliphatic carbocycles. The minimum Gasteiger partial charge on any atom is -0.492 e. The van der Waals surface area contributed by atoms with E-state index in [1.165, 1.54) is 4.90 Å². The molecule has 1 heterocycles. The van der Waals surface area contributed by atoms with Gasteiger partial charge in [-0.2, -0.15) is 0 Å². The van der Waals surface area contributed by atoms with Gasteiger partial charge in [0.25, 0.3) is 0 Å². The van der Waals surface area contributed by atoms with Crippen molar-refractivity contribution < 1.29 is 19.1 Å². The zero-order valence-corrected chi connectivity index (χ0v) is 25.3. The molecule has 0 spiro atoms. The average Bonchev–Trinajstić information content (AvgIpc) is 3.62. The van der Waals surface area contributed by atoms with Gasteiger partial charge in [0, 0.05) is 0 Å². The number of para-hydroxylation sites is 2. The van der Waals surface area contributed by atoms with Crippen LogP contribution in [0.5, 0.6) is 5.75 Å². The number of fused-ring (bicyclic) bond motifs is 5. The SMILES string of the molecule is CCOc1ccccc1N1C(=O)C2C(C1=O)C1(c3ccccc3)C(=O)C2(c2ccccc2)C(c2ccccc2)=C1c1ccccc1. The second kappa shape index (κ2) is 10.5. The molecule has 5 aromatic rings. The Hall–Kier alpha value is -5.55. The van der Waals surface area contributed by atoms with Crippen molar-refractivity contribution in [2.75, 3.05) is 11.5 Å². The Labute approximate surface area is 267 Å². The van der Waals surface area contributed by atoms with Gasteiger partial charge in [-0.15, -0.1) is 0 Å². The zero-order valence-electron chi connectivity index (χ0n) is 25.3. The highest BCUT2D eigenvalue weighted by Gasteiger charge is 2.82. The van der Waals surface area contributed by atoms with Crippen LogP contribution in [0.2, 0.25) is 0 Å². The lowest BCUT2D eigenvalue weighted by molar-refractivity contribution is -0.130. The molecule has 1 saturated heterocycles. The minimum atomic E-state index is -1.43. The highest BCUT2D eigenvalue weighted by Crippen LogP contribution is 2.74. The van der Waals surface area contributed by atoms with Gasteiger partial charge in [-0.1, -0.05) is 133 Å². The average molecular weight is 602 g/mol. The van der Waals surface area contributed by atoms with Crippen LogP contribution in [0.25, 0.3) is 11.1 Å². The number of amides is 2. The Kier molecular flexibility index (Phi) is 6.40. The number of imide groups is 1. The van der Waals surface area contributed by atoms with Crippen LogP contribution >= 0.6 is 0 Å². The van der Waals surface area contributed by atoms with E-state index in [9.17, 15) is 0 Å². The van der Waals surface area contributed by atoms with Crippen molar-refractivity contribution >= 4 is 34.4 Å². The Morgan fingerprint density at radius 2 is 0.935 bits per heavy atom. The number of ketones is 1. The number of Topliss-reactive ketones (excluding diaryl/α,β-unsaturated/α-hetero) is 1. The molecule has 224 valence electrons. The summed E-state index contributed by atoms with van der Waals surface area (Å²) < 4.78 is 5.94. The van der Waals surface area contributed by atoms with Crippen LogP contribution in [-0.4, -0.2) is 24.2 Å². The van der Waals surface area contributed by atoms with Gasteiger partial charge in [0.1, 0.15) is 5.75 Å². The van der Waals surface area contributed by atoms with Crippen molar-refractivity contribution in [1.29, 1.82) is 0 Å². The van der Waals surface area contributed by atoms with Crippen molar-refractivity contribution in [3.63, 3.8) is 0 Å². The third-order valence-corrected chi connectivity index (χ3v) is 9.98. The molecule has 2 bridgehead atoms. The predicted octanol–water partition coefficient (Wildman–Crippen LogP) is 7.27. The van der Waals surface area contributed by atoms with Gasteiger partial charge in [-0.3, -0.25) is 14.4 Å². The first-order chi connectivity index (χ1) is 22.6. The summed E-state index contributed by atoms with van der Waals surface area (Å²) in [5.41, 5.74) is 2.20. The number of carbonyl (C=O) groups excluding carboxylic acids is 3. The van der Waals surface area contributed by atoms with Crippen LogP contribution in [0.3, 0.4) is 0 Å². The Balaban J connectivity index is 1.54. The van der Waals surface area contributed by atoms with E-state index in [1.807, 2.05) is 134 Å². The van der Waals surface area contributed by atoms with Crippen LogP contribution in [0.15, 0.2) is 146 Å². The summed E-state index contributed by atoms with van der Waals surface area (Å²) in [6, 6.07) is 46.1. The molecule has 1 aliphatic heterocycles. The molecule has 4 unspecified atom stereocenters. The van der Waals surface area contributed by atoms with E-state index in [0.717, 1.165) is 22.3 Å². The number of benzene rings is 5. The minimum absolute atomic E-state index is 0.135. The van der Waals surface area contributed by atoms with E-state index >= 15 is 14.4 Å². The summed E-state index contributed by atoms with van der Waals surface area (Å²) >= 11 is 0. The molecule has 0 N–H and O–H groups in total. The molecule has 2 amide bonds. The van der Waals surface area contributed by atoms with Crippen molar-refractivity contribution in [2.45, 2.75) is 17.8 Å². The summed E-state index contributed by atoms with van der Waals surface area (Å²) in [5.74, 6) is -2.42. The van der Waals surface area contributed by atoms with Crippen LogP contribution in [-0.2, 0) is 25.2 Å². The molecule has 2 fully saturated rings. The van der Waals surface area contributed by atoms with Crippen molar-refractivity contribution in [2.24, 2.45) is 11.8 Å². The van der Waals surface area contributed by atoms with Crippen LogP contribution in [0.4, 0.5) is 5.69 Å². The molecule has 5 nitrogen and oxygen atoms in total. The summed E-state index contributed by atoms with van der Waals surface area (Å²) in [5, 5.41) is 0. The smallest absolute Gasteiger partial charge is 0.239 e. The molecule has 3 aliphatic rings. The quantitative estimate of drug-likeness (QED) is 0.184. The van der Waals surface area contributed by atoms with Gasteiger partial charge in [-0.25, -0.2) is 4.90 Å². The largest absolute Gasteiger partial charge is 0.492 e. The highest BCUT2D eigenvalue weighted by atomic mass is 16.5.